The smallest absolute Gasteiger partial charge is 0.341 e. The van der Waals surface area contributed by atoms with Gasteiger partial charge in [-0.2, -0.15) is 0 Å². The minimum absolute atomic E-state index is 0.103. The molecule has 2 rings (SSSR count). The standard InChI is InChI=1S/C14H18N2O4/c1-10-3-2-8-16(10)14(19)15-11-4-6-12(7-5-11)20-9-13(17)18/h4-7,10H,2-3,8-9H2,1H3,(H,15,19)(H,17,18). The van der Waals surface area contributed by atoms with Crippen LogP contribution in [0.5, 0.6) is 5.75 Å². The van der Waals surface area contributed by atoms with E-state index >= 15 is 0 Å². The van der Waals surface area contributed by atoms with Crippen LogP contribution >= 0.6 is 0 Å². The first-order chi connectivity index (χ1) is 9.56. The van der Waals surface area contributed by atoms with Gasteiger partial charge in [-0.3, -0.25) is 0 Å². The second-order valence-electron chi connectivity index (χ2n) is 4.82. The first-order valence-electron chi connectivity index (χ1n) is 6.58. The van der Waals surface area contributed by atoms with Crippen molar-refractivity contribution < 1.29 is 19.4 Å². The summed E-state index contributed by atoms with van der Waals surface area (Å²) in [6.07, 6.45) is 2.08. The highest BCUT2D eigenvalue weighted by Crippen LogP contribution is 2.20. The van der Waals surface area contributed by atoms with Gasteiger partial charge >= 0.3 is 12.0 Å². The van der Waals surface area contributed by atoms with Gasteiger partial charge in [0, 0.05) is 18.3 Å². The van der Waals surface area contributed by atoms with E-state index in [1.165, 1.54) is 0 Å². The van der Waals surface area contributed by atoms with Gasteiger partial charge in [0.2, 0.25) is 0 Å². The highest BCUT2D eigenvalue weighted by Gasteiger charge is 2.24. The molecule has 2 amide bonds. The van der Waals surface area contributed by atoms with Crippen molar-refractivity contribution in [2.45, 2.75) is 25.8 Å². The van der Waals surface area contributed by atoms with Crippen LogP contribution in [0, 0.1) is 0 Å². The Morgan fingerprint density at radius 3 is 2.65 bits per heavy atom. The number of anilines is 1. The van der Waals surface area contributed by atoms with Gasteiger partial charge < -0.3 is 20.1 Å². The van der Waals surface area contributed by atoms with E-state index < -0.39 is 5.97 Å². The molecule has 0 saturated carbocycles. The van der Waals surface area contributed by atoms with Crippen LogP contribution in [0.15, 0.2) is 24.3 Å². The van der Waals surface area contributed by atoms with Gasteiger partial charge in [-0.25, -0.2) is 9.59 Å². The number of aliphatic carboxylic acids is 1. The van der Waals surface area contributed by atoms with Gasteiger partial charge in [-0.15, -0.1) is 0 Å². The van der Waals surface area contributed by atoms with Crippen molar-refractivity contribution >= 4 is 17.7 Å². The first-order valence-corrected chi connectivity index (χ1v) is 6.58. The Morgan fingerprint density at radius 1 is 1.40 bits per heavy atom. The van der Waals surface area contributed by atoms with E-state index in [4.69, 9.17) is 9.84 Å². The zero-order valence-electron chi connectivity index (χ0n) is 11.3. The van der Waals surface area contributed by atoms with Crippen LogP contribution in [0.3, 0.4) is 0 Å². The van der Waals surface area contributed by atoms with Crippen molar-refractivity contribution in [1.82, 2.24) is 4.90 Å². The van der Waals surface area contributed by atoms with Gasteiger partial charge in [-0.05, 0) is 44.0 Å². The number of carboxylic acids is 1. The third-order valence-electron chi connectivity index (χ3n) is 3.28. The van der Waals surface area contributed by atoms with Gasteiger partial charge in [-0.1, -0.05) is 0 Å². The molecule has 1 fully saturated rings. The summed E-state index contributed by atoms with van der Waals surface area (Å²) in [6.45, 7) is 2.44. The lowest BCUT2D eigenvalue weighted by Crippen LogP contribution is -2.37. The van der Waals surface area contributed by atoms with Crippen molar-refractivity contribution in [2.24, 2.45) is 0 Å². The third kappa shape index (κ3) is 3.63. The lowest BCUT2D eigenvalue weighted by atomic mass is 10.2. The molecule has 6 heteroatoms. The lowest BCUT2D eigenvalue weighted by molar-refractivity contribution is -0.139. The second-order valence-corrected chi connectivity index (χ2v) is 4.82. The molecule has 1 atom stereocenters. The number of carbonyl (C=O) groups is 2. The quantitative estimate of drug-likeness (QED) is 0.884. The van der Waals surface area contributed by atoms with Crippen molar-refractivity contribution in [3.63, 3.8) is 0 Å². The molecule has 20 heavy (non-hydrogen) atoms. The number of rotatable bonds is 4. The summed E-state index contributed by atoms with van der Waals surface area (Å²) in [4.78, 5) is 24.2. The minimum atomic E-state index is -1.02. The Bertz CT molecular complexity index is 486. The van der Waals surface area contributed by atoms with E-state index in [2.05, 4.69) is 5.32 Å². The van der Waals surface area contributed by atoms with Crippen LogP contribution < -0.4 is 10.1 Å². The average molecular weight is 278 g/mol. The summed E-state index contributed by atoms with van der Waals surface area (Å²) in [5.74, 6) is -0.565. The highest BCUT2D eigenvalue weighted by atomic mass is 16.5. The Hall–Kier alpha value is -2.24. The fourth-order valence-corrected chi connectivity index (χ4v) is 2.21. The minimum Gasteiger partial charge on any atom is -0.482 e. The summed E-state index contributed by atoms with van der Waals surface area (Å²) in [5.41, 5.74) is 0.664. The number of nitrogens with zero attached hydrogens (tertiary/aromatic N) is 1. The fourth-order valence-electron chi connectivity index (χ4n) is 2.21. The van der Waals surface area contributed by atoms with Gasteiger partial charge in [0.05, 0.1) is 0 Å². The van der Waals surface area contributed by atoms with Crippen LogP contribution in [0.4, 0.5) is 10.5 Å². The molecular formula is C14H18N2O4. The number of nitrogens with one attached hydrogen (secondary N) is 1. The normalized spacial score (nSPS) is 17.9. The molecule has 1 saturated heterocycles. The molecule has 108 valence electrons. The first kappa shape index (κ1) is 14.2. The van der Waals surface area contributed by atoms with Crippen LogP contribution in [0.2, 0.25) is 0 Å². The molecular weight excluding hydrogens is 260 g/mol. The molecule has 6 nitrogen and oxygen atoms in total. The number of carbonyl (C=O) groups excluding carboxylic acids is 1. The maximum absolute atomic E-state index is 12.0. The Morgan fingerprint density at radius 2 is 2.10 bits per heavy atom. The monoisotopic (exact) mass is 278 g/mol. The number of likely N-dealkylation sites (tertiary alicyclic amines) is 1. The van der Waals surface area contributed by atoms with Crippen molar-refractivity contribution in [1.29, 1.82) is 0 Å². The zero-order chi connectivity index (χ0) is 14.5. The molecule has 0 spiro atoms. The van der Waals surface area contributed by atoms with Crippen molar-refractivity contribution in [3.8, 4) is 5.75 Å². The largest absolute Gasteiger partial charge is 0.482 e. The molecule has 1 aliphatic rings. The molecule has 1 aromatic carbocycles. The average Bonchev–Trinajstić information content (AvgIpc) is 2.84. The van der Waals surface area contributed by atoms with E-state index in [9.17, 15) is 9.59 Å². The van der Waals surface area contributed by atoms with Crippen molar-refractivity contribution in [3.05, 3.63) is 24.3 Å². The fraction of sp³-hybridized carbons (Fsp3) is 0.429. The third-order valence-corrected chi connectivity index (χ3v) is 3.28. The molecule has 1 unspecified atom stereocenters. The van der Waals surface area contributed by atoms with Crippen LogP contribution in [-0.4, -0.2) is 41.2 Å². The van der Waals surface area contributed by atoms with Crippen LogP contribution in [-0.2, 0) is 4.79 Å². The number of urea groups is 1. The summed E-state index contributed by atoms with van der Waals surface area (Å²) in [7, 11) is 0. The number of ether oxygens (including phenoxy) is 1. The van der Waals surface area contributed by atoms with E-state index in [1.807, 2.05) is 11.8 Å². The van der Waals surface area contributed by atoms with Gasteiger partial charge in [0.25, 0.3) is 0 Å². The summed E-state index contributed by atoms with van der Waals surface area (Å²) < 4.78 is 5.02. The van der Waals surface area contributed by atoms with E-state index in [0.29, 0.717) is 11.4 Å². The number of hydrogen-bond acceptors (Lipinski definition) is 3. The molecule has 0 aromatic heterocycles. The molecule has 1 aliphatic heterocycles. The van der Waals surface area contributed by atoms with E-state index in [1.54, 1.807) is 24.3 Å². The Labute approximate surface area is 117 Å². The summed E-state index contributed by atoms with van der Waals surface area (Å²) >= 11 is 0. The lowest BCUT2D eigenvalue weighted by Gasteiger charge is -2.21. The molecule has 2 N–H and O–H groups in total. The molecule has 1 heterocycles. The number of hydrogen-bond donors (Lipinski definition) is 2. The zero-order valence-corrected chi connectivity index (χ0v) is 11.3. The molecule has 1 aromatic rings. The topological polar surface area (TPSA) is 78.9 Å². The molecule has 0 radical (unpaired) electrons. The summed E-state index contributed by atoms with van der Waals surface area (Å²) in [5, 5.41) is 11.3. The van der Waals surface area contributed by atoms with Gasteiger partial charge in [0.15, 0.2) is 6.61 Å². The summed E-state index contributed by atoms with van der Waals surface area (Å²) in [6, 6.07) is 6.81. The number of benzene rings is 1. The van der Waals surface area contributed by atoms with Crippen LogP contribution in [0.25, 0.3) is 0 Å². The van der Waals surface area contributed by atoms with E-state index in [-0.39, 0.29) is 18.7 Å². The van der Waals surface area contributed by atoms with Crippen LogP contribution in [0.1, 0.15) is 19.8 Å². The highest BCUT2D eigenvalue weighted by molar-refractivity contribution is 5.89. The van der Waals surface area contributed by atoms with E-state index in [0.717, 1.165) is 19.4 Å². The van der Waals surface area contributed by atoms with Gasteiger partial charge in [0.1, 0.15) is 5.75 Å². The maximum atomic E-state index is 12.0. The number of carboxylic acid groups (broad SMARTS) is 1. The SMILES string of the molecule is CC1CCCN1C(=O)Nc1ccc(OCC(=O)O)cc1. The maximum Gasteiger partial charge on any atom is 0.341 e. The predicted octanol–water partition coefficient (Wildman–Crippen LogP) is 2.17. The Kier molecular flexibility index (Phi) is 4.45. The molecule has 0 aliphatic carbocycles. The van der Waals surface area contributed by atoms with Crippen molar-refractivity contribution in [2.75, 3.05) is 18.5 Å². The second kappa shape index (κ2) is 6.27. The molecule has 0 bridgehead atoms. The Balaban J connectivity index is 1.90. The number of amides is 2. The predicted molar refractivity (Wildman–Crippen MR) is 74.0 cm³/mol.